The molecule has 0 saturated carbocycles. The van der Waals surface area contributed by atoms with Crippen LogP contribution in [-0.2, 0) is 6.42 Å². The molecular formula is C25H28F2N4S. The van der Waals surface area contributed by atoms with E-state index in [1.165, 1.54) is 18.3 Å². The van der Waals surface area contributed by atoms with E-state index in [0.717, 1.165) is 22.4 Å². The summed E-state index contributed by atoms with van der Waals surface area (Å²) in [7, 11) is 0. The second kappa shape index (κ2) is 10.3. The molecule has 0 aromatic heterocycles. The molecule has 168 valence electrons. The van der Waals surface area contributed by atoms with Crippen molar-refractivity contribution in [3.8, 4) is 0 Å². The van der Waals surface area contributed by atoms with E-state index in [-0.39, 0.29) is 11.6 Å². The second-order valence-electron chi connectivity index (χ2n) is 8.05. The molecule has 0 spiro atoms. The first-order chi connectivity index (χ1) is 15.3. The van der Waals surface area contributed by atoms with Crippen molar-refractivity contribution in [1.82, 2.24) is 5.43 Å². The molecule has 1 aliphatic carbocycles. The summed E-state index contributed by atoms with van der Waals surface area (Å²) < 4.78 is 27.6. The molecule has 1 atom stereocenters. The molecule has 1 unspecified atom stereocenters. The van der Waals surface area contributed by atoms with E-state index in [0.29, 0.717) is 42.0 Å². The molecular weight excluding hydrogens is 426 g/mol. The predicted octanol–water partition coefficient (Wildman–Crippen LogP) is 5.44. The Kier molecular flexibility index (Phi) is 7.66. The van der Waals surface area contributed by atoms with E-state index in [1.807, 2.05) is 12.1 Å². The standard InChI is InChI=1S/C25H28F2N4S/c1-16-3-4-18(11-23(16)27)13-25(17(2)32)14-19(15-28)24(12-20(25)9-10-30-29)31-22-7-5-21(26)6-8-22/h3-8,11-12,15,28,30-32H,2,9-10,13-14,29H2,1H3. The zero-order valence-electron chi connectivity index (χ0n) is 18.0. The van der Waals surface area contributed by atoms with E-state index in [2.05, 4.69) is 30.0 Å². The molecule has 4 nitrogen and oxygen atoms in total. The van der Waals surface area contributed by atoms with Gasteiger partial charge in [0.05, 0.1) is 0 Å². The highest BCUT2D eigenvalue weighted by Crippen LogP contribution is 2.49. The summed E-state index contributed by atoms with van der Waals surface area (Å²) in [4.78, 5) is 0.641. The Bertz CT molecular complexity index is 1080. The number of allylic oxidation sites excluding steroid dienone is 3. The summed E-state index contributed by atoms with van der Waals surface area (Å²) in [5.74, 6) is 4.98. The first kappa shape index (κ1) is 23.9. The molecule has 3 rings (SSSR count). The van der Waals surface area contributed by atoms with Gasteiger partial charge in [-0.15, -0.1) is 12.6 Å². The van der Waals surface area contributed by atoms with Crippen LogP contribution in [0.2, 0.25) is 0 Å². The average molecular weight is 455 g/mol. The molecule has 32 heavy (non-hydrogen) atoms. The van der Waals surface area contributed by atoms with Crippen molar-refractivity contribution < 1.29 is 8.78 Å². The summed E-state index contributed by atoms with van der Waals surface area (Å²) in [6, 6.07) is 11.3. The minimum atomic E-state index is -0.609. The molecule has 2 aromatic carbocycles. The first-order valence-electron chi connectivity index (χ1n) is 10.3. The van der Waals surface area contributed by atoms with Crippen LogP contribution in [0.4, 0.5) is 14.5 Å². The number of halogens is 2. The SMILES string of the molecule is C=C(S)C1(Cc2ccc(C)c(F)c2)CC(C=N)=C(Nc2ccc(F)cc2)C=C1CCNN. The van der Waals surface area contributed by atoms with E-state index in [1.54, 1.807) is 31.2 Å². The van der Waals surface area contributed by atoms with Gasteiger partial charge in [0, 0.05) is 29.6 Å². The highest BCUT2D eigenvalue weighted by atomic mass is 32.1. The van der Waals surface area contributed by atoms with Crippen molar-refractivity contribution in [3.05, 3.63) is 99.6 Å². The van der Waals surface area contributed by atoms with Gasteiger partial charge in [0.25, 0.3) is 0 Å². The largest absolute Gasteiger partial charge is 0.355 e. The number of aryl methyl sites for hydroxylation is 1. The van der Waals surface area contributed by atoms with Crippen LogP contribution in [0, 0.1) is 29.4 Å². The van der Waals surface area contributed by atoms with E-state index in [4.69, 9.17) is 11.3 Å². The van der Waals surface area contributed by atoms with Crippen molar-refractivity contribution in [3.63, 3.8) is 0 Å². The number of hydrogen-bond donors (Lipinski definition) is 5. The molecule has 1 aliphatic rings. The molecule has 0 bridgehead atoms. The van der Waals surface area contributed by atoms with Crippen molar-refractivity contribution in [2.75, 3.05) is 11.9 Å². The van der Waals surface area contributed by atoms with E-state index >= 15 is 0 Å². The lowest BCUT2D eigenvalue weighted by molar-refractivity contribution is 0.422. The quantitative estimate of drug-likeness (QED) is 0.152. The monoisotopic (exact) mass is 454 g/mol. The van der Waals surface area contributed by atoms with Gasteiger partial charge in [-0.05, 0) is 84.2 Å². The Hall–Kier alpha value is -2.74. The maximum atomic E-state index is 14.3. The maximum Gasteiger partial charge on any atom is 0.126 e. The van der Waals surface area contributed by atoms with Crippen LogP contribution in [0.5, 0.6) is 0 Å². The van der Waals surface area contributed by atoms with Crippen LogP contribution in [0.1, 0.15) is 24.0 Å². The van der Waals surface area contributed by atoms with Crippen molar-refractivity contribution in [2.45, 2.75) is 26.2 Å². The fourth-order valence-corrected chi connectivity index (χ4v) is 4.35. The van der Waals surface area contributed by atoms with Crippen LogP contribution < -0.4 is 16.6 Å². The van der Waals surface area contributed by atoms with Gasteiger partial charge in [-0.25, -0.2) is 8.78 Å². The molecule has 0 aliphatic heterocycles. The third kappa shape index (κ3) is 5.18. The van der Waals surface area contributed by atoms with Gasteiger partial charge in [0.15, 0.2) is 0 Å². The molecule has 7 heteroatoms. The molecule has 0 radical (unpaired) electrons. The Labute approximate surface area is 193 Å². The number of thiol groups is 1. The van der Waals surface area contributed by atoms with Gasteiger partial charge >= 0.3 is 0 Å². The number of nitrogens with one attached hydrogen (secondary N) is 3. The smallest absolute Gasteiger partial charge is 0.126 e. The number of anilines is 1. The Morgan fingerprint density at radius 3 is 2.56 bits per heavy atom. The van der Waals surface area contributed by atoms with Gasteiger partial charge in [-0.2, -0.15) is 0 Å². The third-order valence-electron chi connectivity index (χ3n) is 5.90. The van der Waals surface area contributed by atoms with Crippen LogP contribution in [0.15, 0.2) is 76.9 Å². The first-order valence-corrected chi connectivity index (χ1v) is 10.8. The average Bonchev–Trinajstić information content (AvgIpc) is 2.77. The van der Waals surface area contributed by atoms with Gasteiger partial charge in [-0.1, -0.05) is 24.3 Å². The highest BCUT2D eigenvalue weighted by Gasteiger charge is 2.39. The van der Waals surface area contributed by atoms with Gasteiger partial charge < -0.3 is 10.7 Å². The fraction of sp³-hybridized carbons (Fsp3) is 0.240. The van der Waals surface area contributed by atoms with Crippen LogP contribution >= 0.6 is 12.6 Å². The Morgan fingerprint density at radius 1 is 1.25 bits per heavy atom. The Balaban J connectivity index is 2.04. The number of rotatable bonds is 9. The minimum absolute atomic E-state index is 0.256. The van der Waals surface area contributed by atoms with Crippen LogP contribution in [-0.4, -0.2) is 12.8 Å². The lowest BCUT2D eigenvalue weighted by atomic mass is 9.66. The molecule has 5 N–H and O–H groups in total. The second-order valence-corrected chi connectivity index (χ2v) is 8.59. The summed E-state index contributed by atoms with van der Waals surface area (Å²) >= 11 is 4.66. The molecule has 2 aromatic rings. The van der Waals surface area contributed by atoms with E-state index < -0.39 is 5.41 Å². The lowest BCUT2D eigenvalue weighted by Gasteiger charge is -2.41. The minimum Gasteiger partial charge on any atom is -0.355 e. The molecule has 0 amide bonds. The summed E-state index contributed by atoms with van der Waals surface area (Å²) in [6.45, 7) is 6.41. The highest BCUT2D eigenvalue weighted by molar-refractivity contribution is 7.84. The lowest BCUT2D eigenvalue weighted by Crippen LogP contribution is -2.34. The summed E-state index contributed by atoms with van der Waals surface area (Å²) in [5.41, 5.74) is 6.73. The van der Waals surface area contributed by atoms with Gasteiger partial charge in [0.2, 0.25) is 0 Å². The Morgan fingerprint density at radius 2 is 1.97 bits per heavy atom. The third-order valence-corrected chi connectivity index (χ3v) is 6.33. The van der Waals surface area contributed by atoms with Gasteiger partial charge in [-0.3, -0.25) is 11.3 Å². The number of hydrazine groups is 1. The van der Waals surface area contributed by atoms with Crippen molar-refractivity contribution in [2.24, 2.45) is 11.3 Å². The molecule has 0 heterocycles. The zero-order chi connectivity index (χ0) is 23.3. The van der Waals surface area contributed by atoms with Crippen LogP contribution in [0.25, 0.3) is 0 Å². The normalized spacial score (nSPS) is 18.3. The zero-order valence-corrected chi connectivity index (χ0v) is 18.9. The number of nitrogens with two attached hydrogens (primary N) is 1. The van der Waals surface area contributed by atoms with Crippen molar-refractivity contribution >= 4 is 24.5 Å². The fourth-order valence-electron chi connectivity index (χ4n) is 4.05. The van der Waals surface area contributed by atoms with Gasteiger partial charge in [0.1, 0.15) is 11.6 Å². The number of hydrogen-bond acceptors (Lipinski definition) is 5. The predicted molar refractivity (Wildman–Crippen MR) is 131 cm³/mol. The molecule has 0 saturated heterocycles. The topological polar surface area (TPSA) is 73.9 Å². The van der Waals surface area contributed by atoms with E-state index in [9.17, 15) is 8.78 Å². The van der Waals surface area contributed by atoms with Crippen LogP contribution in [0.3, 0.4) is 0 Å². The maximum absolute atomic E-state index is 14.3. The number of benzene rings is 2. The summed E-state index contributed by atoms with van der Waals surface area (Å²) in [6.07, 6.45) is 4.86. The van der Waals surface area contributed by atoms with Crippen molar-refractivity contribution in [1.29, 1.82) is 5.41 Å². The summed E-state index contributed by atoms with van der Waals surface area (Å²) in [5, 5.41) is 11.3. The molecule has 0 fully saturated rings.